The maximum atomic E-state index is 6.26. The van der Waals surface area contributed by atoms with Crippen molar-refractivity contribution in [2.75, 3.05) is 18.2 Å². The summed E-state index contributed by atoms with van der Waals surface area (Å²) in [5.74, 6) is 1.91. The highest BCUT2D eigenvalue weighted by Gasteiger charge is 2.28. The second-order valence-corrected chi connectivity index (χ2v) is 8.48. The number of nitrogens with one attached hydrogen (secondary N) is 1. The molecule has 144 valence electrons. The normalized spacial score (nSPS) is 14.9. The molecule has 1 aromatic heterocycles. The second kappa shape index (κ2) is 8.14. The monoisotopic (exact) mass is 478 g/mol. The summed E-state index contributed by atoms with van der Waals surface area (Å²) in [6.45, 7) is 2.04. The lowest BCUT2D eigenvalue weighted by Gasteiger charge is -2.21. The van der Waals surface area contributed by atoms with Gasteiger partial charge in [0.05, 0.1) is 12.7 Å². The van der Waals surface area contributed by atoms with E-state index in [1.54, 1.807) is 13.2 Å². The van der Waals surface area contributed by atoms with E-state index in [4.69, 9.17) is 21.1 Å². The third-order valence-corrected chi connectivity index (χ3v) is 5.58. The maximum absolute atomic E-state index is 6.26. The molecule has 0 radical (unpaired) electrons. The highest BCUT2D eigenvalue weighted by molar-refractivity contribution is 9.10. The molecule has 3 aromatic rings. The third kappa shape index (κ3) is 3.76. The molecule has 2 heterocycles. The first kappa shape index (κ1) is 19.3. The van der Waals surface area contributed by atoms with Crippen LogP contribution in [0.1, 0.15) is 18.7 Å². The van der Waals surface area contributed by atoms with Gasteiger partial charge in [-0.25, -0.2) is 0 Å². The number of thioether (sulfide) groups is 1. The zero-order valence-electron chi connectivity index (χ0n) is 15.1. The number of hydrogen-bond donors (Lipinski definition) is 1. The molecule has 1 N–H and O–H groups in total. The van der Waals surface area contributed by atoms with E-state index in [1.165, 1.54) is 11.8 Å². The summed E-state index contributed by atoms with van der Waals surface area (Å²) in [7, 11) is 1.61. The van der Waals surface area contributed by atoms with Crippen LogP contribution in [0, 0.1) is 0 Å². The van der Waals surface area contributed by atoms with Crippen molar-refractivity contribution in [3.63, 3.8) is 0 Å². The molecule has 4 rings (SSSR count). The van der Waals surface area contributed by atoms with Gasteiger partial charge in [0.15, 0.2) is 5.69 Å². The van der Waals surface area contributed by atoms with E-state index < -0.39 is 6.23 Å². The lowest BCUT2D eigenvalue weighted by Crippen LogP contribution is -2.18. The van der Waals surface area contributed by atoms with E-state index >= 15 is 0 Å². The molecule has 0 unspecified atom stereocenters. The molecule has 0 saturated carbocycles. The van der Waals surface area contributed by atoms with Gasteiger partial charge in [0.2, 0.25) is 17.3 Å². The Balaban J connectivity index is 1.88. The van der Waals surface area contributed by atoms with Crippen LogP contribution in [-0.2, 0) is 0 Å². The Hall–Kier alpha value is -2.03. The molecule has 28 heavy (non-hydrogen) atoms. The van der Waals surface area contributed by atoms with Crippen LogP contribution >= 0.6 is 39.3 Å². The van der Waals surface area contributed by atoms with Crippen LogP contribution < -0.4 is 14.8 Å². The van der Waals surface area contributed by atoms with Gasteiger partial charge in [0, 0.05) is 20.7 Å². The molecule has 0 saturated heterocycles. The van der Waals surface area contributed by atoms with Crippen LogP contribution in [0.2, 0.25) is 5.02 Å². The van der Waals surface area contributed by atoms with E-state index in [2.05, 4.69) is 36.4 Å². The molecule has 0 aliphatic carbocycles. The summed E-state index contributed by atoms with van der Waals surface area (Å²) in [5.41, 5.74) is 3.04. The molecule has 1 atom stereocenters. The zero-order chi connectivity index (χ0) is 19.7. The van der Waals surface area contributed by atoms with E-state index in [0.717, 1.165) is 27.0 Å². The number of methoxy groups -OCH3 is 1. The molecule has 0 fully saturated rings. The molecule has 1 aliphatic heterocycles. The van der Waals surface area contributed by atoms with Crippen molar-refractivity contribution in [2.24, 2.45) is 0 Å². The summed E-state index contributed by atoms with van der Waals surface area (Å²) < 4.78 is 12.7. The Bertz CT molecular complexity index is 1040. The molecule has 0 amide bonds. The Labute approximate surface area is 180 Å². The Morgan fingerprint density at radius 1 is 1.25 bits per heavy atom. The van der Waals surface area contributed by atoms with Crippen molar-refractivity contribution in [3.8, 4) is 22.9 Å². The smallest absolute Gasteiger partial charge is 0.247 e. The average Bonchev–Trinajstić information content (AvgIpc) is 2.84. The summed E-state index contributed by atoms with van der Waals surface area (Å²) in [6.07, 6.45) is -0.564. The second-order valence-electron chi connectivity index (χ2n) is 5.90. The van der Waals surface area contributed by atoms with Crippen LogP contribution in [0.15, 0.2) is 46.0 Å². The van der Waals surface area contributed by atoms with Gasteiger partial charge < -0.3 is 14.8 Å². The fourth-order valence-electron chi connectivity index (χ4n) is 2.91. The van der Waals surface area contributed by atoms with E-state index in [-0.39, 0.29) is 0 Å². The lowest BCUT2D eigenvalue weighted by atomic mass is 10.1. The predicted octanol–water partition coefficient (Wildman–Crippen LogP) is 5.58. The van der Waals surface area contributed by atoms with Crippen molar-refractivity contribution in [2.45, 2.75) is 18.3 Å². The number of benzene rings is 2. The SMILES string of the molecule is CCSc1nnc2c(n1)O[C@@H](c1cc(Cl)ccc1OC)Nc1ccc(Br)cc1-2. The molecule has 9 heteroatoms. The highest BCUT2D eigenvalue weighted by atomic mass is 79.9. The predicted molar refractivity (Wildman–Crippen MR) is 114 cm³/mol. The van der Waals surface area contributed by atoms with Gasteiger partial charge in [-0.05, 0) is 42.2 Å². The van der Waals surface area contributed by atoms with Crippen LogP contribution in [-0.4, -0.2) is 28.0 Å². The number of fused-ring (bicyclic) bond motifs is 3. The summed E-state index contributed by atoms with van der Waals surface area (Å²) >= 11 is 11.3. The largest absolute Gasteiger partial charge is 0.496 e. The quantitative estimate of drug-likeness (QED) is 0.490. The Morgan fingerprint density at radius 2 is 2.11 bits per heavy atom. The first-order valence-electron chi connectivity index (χ1n) is 8.53. The van der Waals surface area contributed by atoms with Crippen molar-refractivity contribution in [1.82, 2.24) is 15.2 Å². The molecular weight excluding hydrogens is 464 g/mol. The highest BCUT2D eigenvalue weighted by Crippen LogP contribution is 2.42. The molecule has 1 aliphatic rings. The van der Waals surface area contributed by atoms with Gasteiger partial charge in [-0.1, -0.05) is 46.2 Å². The minimum Gasteiger partial charge on any atom is -0.496 e. The fourth-order valence-corrected chi connectivity index (χ4v) is 3.96. The number of nitrogens with zero attached hydrogens (tertiary/aromatic N) is 3. The van der Waals surface area contributed by atoms with Gasteiger partial charge >= 0.3 is 0 Å². The summed E-state index contributed by atoms with van der Waals surface area (Å²) in [6, 6.07) is 11.3. The lowest BCUT2D eigenvalue weighted by molar-refractivity contribution is 0.220. The van der Waals surface area contributed by atoms with E-state index in [0.29, 0.717) is 27.5 Å². The maximum Gasteiger partial charge on any atom is 0.247 e. The van der Waals surface area contributed by atoms with Gasteiger partial charge in [0.25, 0.3) is 0 Å². The van der Waals surface area contributed by atoms with Gasteiger partial charge in [-0.15, -0.1) is 10.2 Å². The van der Waals surface area contributed by atoms with Gasteiger partial charge in [-0.3, -0.25) is 0 Å². The topological polar surface area (TPSA) is 69.2 Å². The number of hydrogen-bond acceptors (Lipinski definition) is 7. The van der Waals surface area contributed by atoms with E-state index in [1.807, 2.05) is 37.3 Å². The number of aromatic nitrogens is 3. The molecular formula is C19H16BrClN4O2S. The molecule has 0 bridgehead atoms. The summed E-state index contributed by atoms with van der Waals surface area (Å²) in [4.78, 5) is 4.58. The molecule has 6 nitrogen and oxygen atoms in total. The van der Waals surface area contributed by atoms with Gasteiger partial charge in [-0.2, -0.15) is 4.98 Å². The molecule has 0 spiro atoms. The standard InChI is InChI=1S/C19H16BrClN4O2S/c1-3-28-19-23-18-16(24-25-19)12-8-10(20)4-6-14(12)22-17(27-18)13-9-11(21)5-7-15(13)26-2/h4-9,17,22H,3H2,1-2H3/t17-/m0/s1. The average molecular weight is 480 g/mol. The van der Waals surface area contributed by atoms with Crippen LogP contribution in [0.4, 0.5) is 5.69 Å². The number of halogens is 2. The van der Waals surface area contributed by atoms with Gasteiger partial charge in [0.1, 0.15) is 5.75 Å². The number of ether oxygens (including phenoxy) is 2. The van der Waals surface area contributed by atoms with Crippen LogP contribution in [0.25, 0.3) is 11.3 Å². The van der Waals surface area contributed by atoms with E-state index in [9.17, 15) is 0 Å². The van der Waals surface area contributed by atoms with Crippen LogP contribution in [0.3, 0.4) is 0 Å². The number of rotatable bonds is 4. The minimum absolute atomic E-state index is 0.405. The van der Waals surface area contributed by atoms with Crippen molar-refractivity contribution in [3.05, 3.63) is 51.5 Å². The van der Waals surface area contributed by atoms with Crippen molar-refractivity contribution in [1.29, 1.82) is 0 Å². The van der Waals surface area contributed by atoms with Crippen LogP contribution in [0.5, 0.6) is 11.6 Å². The zero-order valence-corrected chi connectivity index (χ0v) is 18.2. The fraction of sp³-hybridized carbons (Fsp3) is 0.211. The first-order valence-corrected chi connectivity index (χ1v) is 10.7. The molecule has 2 aromatic carbocycles. The third-order valence-electron chi connectivity index (χ3n) is 4.14. The van der Waals surface area contributed by atoms with Crippen molar-refractivity contribution >= 4 is 45.0 Å². The minimum atomic E-state index is -0.564. The summed E-state index contributed by atoms with van der Waals surface area (Å²) in [5, 5.41) is 13.2. The number of anilines is 1. The van der Waals surface area contributed by atoms with Crippen molar-refractivity contribution < 1.29 is 9.47 Å². The first-order chi connectivity index (χ1) is 13.6. The Morgan fingerprint density at radius 3 is 2.89 bits per heavy atom. The Kier molecular flexibility index (Phi) is 5.61.